The largest absolute Gasteiger partial charge is 0.393 e. The molecule has 158 valence electrons. The summed E-state index contributed by atoms with van der Waals surface area (Å²) in [5.41, 5.74) is 2.68. The molecule has 0 aromatic heterocycles. The van der Waals surface area contributed by atoms with Gasteiger partial charge in [-0.2, -0.15) is 0 Å². The number of rotatable bonds is 3. The molecule has 4 saturated carbocycles. The van der Waals surface area contributed by atoms with Gasteiger partial charge in [0.05, 0.1) is 6.10 Å². The van der Waals surface area contributed by atoms with Crippen LogP contribution in [0.25, 0.3) is 0 Å². The van der Waals surface area contributed by atoms with Crippen LogP contribution < -0.4 is 0 Å². The molecular weight excluding hydrogens is 340 g/mol. The van der Waals surface area contributed by atoms with E-state index < -0.39 is 0 Å². The first-order valence-corrected chi connectivity index (χ1v) is 12.8. The zero-order valence-corrected chi connectivity index (χ0v) is 18.8. The summed E-state index contributed by atoms with van der Waals surface area (Å²) in [5, 5.41) is 11.3. The van der Waals surface area contributed by atoms with Gasteiger partial charge in [0.1, 0.15) is 0 Å². The molecular formula is C27H44O. The van der Waals surface area contributed by atoms with Crippen LogP contribution in [0.1, 0.15) is 104 Å². The third kappa shape index (κ3) is 2.89. The number of hydrogen-bond acceptors (Lipinski definition) is 1. The summed E-state index contributed by atoms with van der Waals surface area (Å²) in [4.78, 5) is 0. The van der Waals surface area contributed by atoms with Crippen LogP contribution in [0.15, 0.2) is 11.6 Å². The summed E-state index contributed by atoms with van der Waals surface area (Å²) in [7, 11) is 0. The van der Waals surface area contributed by atoms with Crippen molar-refractivity contribution in [1.29, 1.82) is 0 Å². The number of aliphatic hydroxyl groups excluding tert-OH is 1. The average molecular weight is 385 g/mol. The fourth-order valence-corrected chi connectivity index (χ4v) is 9.70. The molecule has 0 aromatic rings. The summed E-state index contributed by atoms with van der Waals surface area (Å²) < 4.78 is 0. The standard InChI is InChI=1S/C27H44O/c1-18(16-19-8-4-5-9-19)25-24(28)17-23-21-12-11-20-10-6-7-14-26(20,2)22(21)13-15-27(23,25)3/h11,18-19,21-25,28H,4-10,12-17H2,1-3H3/t18?,21-,22+,23+,24?,25+,26+,27+/m1/s1. The molecule has 5 aliphatic carbocycles. The van der Waals surface area contributed by atoms with Crippen LogP contribution in [-0.4, -0.2) is 11.2 Å². The highest BCUT2D eigenvalue weighted by molar-refractivity contribution is 5.24. The van der Waals surface area contributed by atoms with E-state index in [0.717, 1.165) is 30.1 Å². The molecule has 0 bridgehead atoms. The Morgan fingerprint density at radius 1 is 1.04 bits per heavy atom. The summed E-state index contributed by atoms with van der Waals surface area (Å²) in [6.45, 7) is 7.71. The lowest BCUT2D eigenvalue weighted by Crippen LogP contribution is -2.50. The Kier molecular flexibility index (Phi) is 5.01. The molecule has 1 nitrogen and oxygen atoms in total. The van der Waals surface area contributed by atoms with Crippen LogP contribution in [0, 0.1) is 46.3 Å². The molecule has 28 heavy (non-hydrogen) atoms. The molecule has 5 aliphatic rings. The normalized spacial score (nSPS) is 49.9. The lowest BCUT2D eigenvalue weighted by Gasteiger charge is -2.58. The average Bonchev–Trinajstić information content (AvgIpc) is 3.25. The number of fused-ring (bicyclic) bond motifs is 5. The highest BCUT2D eigenvalue weighted by Gasteiger charge is 2.61. The van der Waals surface area contributed by atoms with Gasteiger partial charge in [0.25, 0.3) is 0 Å². The van der Waals surface area contributed by atoms with Crippen molar-refractivity contribution in [3.8, 4) is 0 Å². The van der Waals surface area contributed by atoms with Gasteiger partial charge in [-0.15, -0.1) is 0 Å². The van der Waals surface area contributed by atoms with E-state index in [2.05, 4.69) is 26.8 Å². The van der Waals surface area contributed by atoms with E-state index in [1.165, 1.54) is 77.0 Å². The fourth-order valence-electron chi connectivity index (χ4n) is 9.70. The van der Waals surface area contributed by atoms with Gasteiger partial charge in [0.2, 0.25) is 0 Å². The van der Waals surface area contributed by atoms with E-state index in [-0.39, 0.29) is 6.10 Å². The van der Waals surface area contributed by atoms with Crippen molar-refractivity contribution in [2.75, 3.05) is 0 Å². The van der Waals surface area contributed by atoms with Gasteiger partial charge < -0.3 is 5.11 Å². The van der Waals surface area contributed by atoms with Gasteiger partial charge in [-0.05, 0) is 97.7 Å². The van der Waals surface area contributed by atoms with Crippen molar-refractivity contribution in [3.05, 3.63) is 11.6 Å². The first-order valence-electron chi connectivity index (χ1n) is 12.8. The maximum atomic E-state index is 11.3. The Bertz CT molecular complexity index is 616. The second-order valence-electron chi connectivity index (χ2n) is 12.2. The zero-order chi connectivity index (χ0) is 19.5. The summed E-state index contributed by atoms with van der Waals surface area (Å²) in [6.07, 6.45) is 20.6. The van der Waals surface area contributed by atoms with Gasteiger partial charge in [-0.25, -0.2) is 0 Å². The lowest BCUT2D eigenvalue weighted by atomic mass is 9.47. The van der Waals surface area contributed by atoms with Gasteiger partial charge >= 0.3 is 0 Å². The van der Waals surface area contributed by atoms with Crippen LogP contribution in [-0.2, 0) is 0 Å². The molecule has 8 atom stereocenters. The van der Waals surface area contributed by atoms with E-state index in [1.54, 1.807) is 0 Å². The Labute approximate surface area is 173 Å². The molecule has 0 aliphatic heterocycles. The molecule has 1 heteroatoms. The maximum Gasteiger partial charge on any atom is 0.0579 e. The minimum Gasteiger partial charge on any atom is -0.393 e. The van der Waals surface area contributed by atoms with Crippen molar-refractivity contribution >= 4 is 0 Å². The van der Waals surface area contributed by atoms with E-state index >= 15 is 0 Å². The third-order valence-electron chi connectivity index (χ3n) is 10.9. The van der Waals surface area contributed by atoms with E-state index in [0.29, 0.717) is 22.7 Å². The first kappa shape index (κ1) is 19.7. The topological polar surface area (TPSA) is 20.2 Å². The molecule has 0 heterocycles. The molecule has 0 radical (unpaired) electrons. The van der Waals surface area contributed by atoms with Crippen molar-refractivity contribution in [1.82, 2.24) is 0 Å². The Balaban J connectivity index is 1.39. The second kappa shape index (κ2) is 7.14. The minimum absolute atomic E-state index is 0.0466. The Hall–Kier alpha value is -0.300. The van der Waals surface area contributed by atoms with Crippen molar-refractivity contribution in [2.45, 2.75) is 110 Å². The highest BCUT2D eigenvalue weighted by atomic mass is 16.3. The van der Waals surface area contributed by atoms with E-state index in [9.17, 15) is 5.11 Å². The van der Waals surface area contributed by atoms with Crippen molar-refractivity contribution < 1.29 is 5.11 Å². The summed E-state index contributed by atoms with van der Waals surface area (Å²) in [5.74, 6) is 4.68. The van der Waals surface area contributed by atoms with Crippen LogP contribution in [0.4, 0.5) is 0 Å². The third-order valence-corrected chi connectivity index (χ3v) is 10.9. The smallest absolute Gasteiger partial charge is 0.0579 e. The van der Waals surface area contributed by atoms with E-state index in [4.69, 9.17) is 0 Å². The van der Waals surface area contributed by atoms with Gasteiger partial charge in [-0.3, -0.25) is 0 Å². The van der Waals surface area contributed by atoms with Crippen LogP contribution in [0.2, 0.25) is 0 Å². The molecule has 5 rings (SSSR count). The summed E-state index contributed by atoms with van der Waals surface area (Å²) >= 11 is 0. The molecule has 1 N–H and O–H groups in total. The molecule has 0 spiro atoms. The molecule has 4 fully saturated rings. The predicted molar refractivity (Wildman–Crippen MR) is 117 cm³/mol. The van der Waals surface area contributed by atoms with Crippen LogP contribution in [0.3, 0.4) is 0 Å². The molecule has 0 saturated heterocycles. The number of hydrogen-bond donors (Lipinski definition) is 1. The molecule has 0 amide bonds. The maximum absolute atomic E-state index is 11.3. The SMILES string of the molecule is CC(CC1CCCC1)[C@H]1C(O)C[C@H]2[C@@H]3CC=C4CCCC[C@]4(C)[C@H]3CC[C@]12C. The van der Waals surface area contributed by atoms with E-state index in [1.807, 2.05) is 5.57 Å². The molecule has 2 unspecified atom stereocenters. The Morgan fingerprint density at radius 3 is 2.61 bits per heavy atom. The first-order chi connectivity index (χ1) is 13.4. The minimum atomic E-state index is -0.0466. The van der Waals surface area contributed by atoms with Crippen LogP contribution >= 0.6 is 0 Å². The second-order valence-corrected chi connectivity index (χ2v) is 12.2. The predicted octanol–water partition coefficient (Wildman–Crippen LogP) is 7.14. The monoisotopic (exact) mass is 384 g/mol. The number of aliphatic hydroxyl groups is 1. The fraction of sp³-hybridized carbons (Fsp3) is 0.926. The van der Waals surface area contributed by atoms with Gasteiger partial charge in [-0.1, -0.05) is 64.5 Å². The van der Waals surface area contributed by atoms with Crippen LogP contribution in [0.5, 0.6) is 0 Å². The van der Waals surface area contributed by atoms with Gasteiger partial charge in [0, 0.05) is 0 Å². The van der Waals surface area contributed by atoms with Crippen molar-refractivity contribution in [3.63, 3.8) is 0 Å². The lowest BCUT2D eigenvalue weighted by molar-refractivity contribution is -0.0569. The number of allylic oxidation sites excluding steroid dienone is 2. The van der Waals surface area contributed by atoms with Crippen molar-refractivity contribution in [2.24, 2.45) is 46.3 Å². The Morgan fingerprint density at radius 2 is 1.82 bits per heavy atom. The zero-order valence-electron chi connectivity index (χ0n) is 18.8. The summed E-state index contributed by atoms with van der Waals surface area (Å²) in [6, 6.07) is 0. The quantitative estimate of drug-likeness (QED) is 0.512. The van der Waals surface area contributed by atoms with Gasteiger partial charge in [0.15, 0.2) is 0 Å². The molecule has 0 aromatic carbocycles. The highest BCUT2D eigenvalue weighted by Crippen LogP contribution is 2.67.